The number of methoxy groups -OCH3 is 1. The van der Waals surface area contributed by atoms with E-state index in [4.69, 9.17) is 13.9 Å². The van der Waals surface area contributed by atoms with E-state index in [1.165, 1.54) is 4.88 Å². The van der Waals surface area contributed by atoms with E-state index < -0.39 is 0 Å². The van der Waals surface area contributed by atoms with Gasteiger partial charge in [0, 0.05) is 11.4 Å². The summed E-state index contributed by atoms with van der Waals surface area (Å²) in [6.45, 7) is 1.03. The number of amides is 1. The summed E-state index contributed by atoms with van der Waals surface area (Å²) in [5.74, 6) is 2.07. The van der Waals surface area contributed by atoms with Gasteiger partial charge in [-0.2, -0.15) is 0 Å². The van der Waals surface area contributed by atoms with Gasteiger partial charge in [-0.05, 0) is 54.3 Å². The molecule has 0 aliphatic heterocycles. The second kappa shape index (κ2) is 9.10. The van der Waals surface area contributed by atoms with Crippen LogP contribution in [-0.2, 0) is 17.8 Å². The Labute approximate surface area is 156 Å². The van der Waals surface area contributed by atoms with Crippen molar-refractivity contribution in [1.29, 1.82) is 0 Å². The summed E-state index contributed by atoms with van der Waals surface area (Å²) in [6.07, 6.45) is 2.43. The fourth-order valence-corrected chi connectivity index (χ4v) is 3.19. The van der Waals surface area contributed by atoms with Crippen LogP contribution >= 0.6 is 11.3 Å². The predicted octanol–water partition coefficient (Wildman–Crippen LogP) is 4.00. The van der Waals surface area contributed by atoms with E-state index in [9.17, 15) is 4.79 Å². The summed E-state index contributed by atoms with van der Waals surface area (Å²) >= 11 is 1.69. The zero-order chi connectivity index (χ0) is 18.2. The molecule has 0 spiro atoms. The topological polar surface area (TPSA) is 51.9 Å². The molecular weight excluding hydrogens is 350 g/mol. The van der Waals surface area contributed by atoms with Gasteiger partial charge in [0.2, 0.25) is 0 Å². The Morgan fingerprint density at radius 2 is 1.92 bits per heavy atom. The molecule has 2 aromatic heterocycles. The maximum atomic E-state index is 12.7. The molecule has 6 heteroatoms. The standard InChI is InChI=1S/C20H21NO4S/c1-23-16-6-8-17(9-7-16)25-15-20(22)21(14-18-4-2-12-24-18)11-10-19-5-3-13-26-19/h2-9,12-13H,10-11,14-15H2,1H3. The van der Waals surface area contributed by atoms with Gasteiger partial charge in [0.1, 0.15) is 17.3 Å². The molecule has 3 rings (SSSR count). The van der Waals surface area contributed by atoms with Gasteiger partial charge in [-0.15, -0.1) is 11.3 Å². The first-order chi connectivity index (χ1) is 12.7. The van der Waals surface area contributed by atoms with Crippen LogP contribution in [0.25, 0.3) is 0 Å². The van der Waals surface area contributed by atoms with Crippen LogP contribution in [0.4, 0.5) is 0 Å². The molecule has 0 saturated carbocycles. The zero-order valence-electron chi connectivity index (χ0n) is 14.6. The van der Waals surface area contributed by atoms with E-state index >= 15 is 0 Å². The molecule has 0 radical (unpaired) electrons. The Morgan fingerprint density at radius 3 is 2.58 bits per heavy atom. The lowest BCUT2D eigenvalue weighted by molar-refractivity contribution is -0.134. The molecule has 2 heterocycles. The number of carbonyl (C=O) groups excluding carboxylic acids is 1. The van der Waals surface area contributed by atoms with Crippen molar-refractivity contribution in [2.75, 3.05) is 20.3 Å². The van der Waals surface area contributed by atoms with Crippen molar-refractivity contribution in [1.82, 2.24) is 4.90 Å². The third kappa shape index (κ3) is 5.13. The maximum Gasteiger partial charge on any atom is 0.260 e. The number of carbonyl (C=O) groups is 1. The largest absolute Gasteiger partial charge is 0.497 e. The molecule has 1 amide bonds. The van der Waals surface area contributed by atoms with E-state index in [0.717, 1.165) is 17.9 Å². The first kappa shape index (κ1) is 18.1. The van der Waals surface area contributed by atoms with Gasteiger partial charge in [-0.3, -0.25) is 4.79 Å². The Balaban J connectivity index is 1.59. The van der Waals surface area contributed by atoms with Crippen LogP contribution < -0.4 is 9.47 Å². The second-order valence-corrected chi connectivity index (χ2v) is 6.72. The van der Waals surface area contributed by atoms with Gasteiger partial charge in [0.05, 0.1) is 19.9 Å². The Bertz CT molecular complexity index is 782. The summed E-state index contributed by atoms with van der Waals surface area (Å²) < 4.78 is 16.1. The average molecular weight is 371 g/mol. The van der Waals surface area contributed by atoms with E-state index in [0.29, 0.717) is 18.8 Å². The fraction of sp³-hybridized carbons (Fsp3) is 0.250. The van der Waals surface area contributed by atoms with E-state index in [-0.39, 0.29) is 12.5 Å². The van der Waals surface area contributed by atoms with Crippen LogP contribution in [-0.4, -0.2) is 31.1 Å². The number of ether oxygens (including phenoxy) is 2. The Morgan fingerprint density at radius 1 is 1.12 bits per heavy atom. The molecule has 136 valence electrons. The smallest absolute Gasteiger partial charge is 0.260 e. The molecule has 5 nitrogen and oxygen atoms in total. The Kier molecular flexibility index (Phi) is 6.33. The van der Waals surface area contributed by atoms with Gasteiger partial charge in [0.25, 0.3) is 5.91 Å². The molecule has 3 aromatic rings. The minimum Gasteiger partial charge on any atom is -0.497 e. The fourth-order valence-electron chi connectivity index (χ4n) is 2.49. The SMILES string of the molecule is COc1ccc(OCC(=O)N(CCc2cccs2)Cc2ccco2)cc1. The molecule has 1 aromatic carbocycles. The average Bonchev–Trinajstić information content (AvgIpc) is 3.37. The summed E-state index contributed by atoms with van der Waals surface area (Å²) in [5, 5.41) is 2.04. The van der Waals surface area contributed by atoms with Crippen molar-refractivity contribution >= 4 is 17.2 Å². The summed E-state index contributed by atoms with van der Waals surface area (Å²) in [6, 6.07) is 15.0. The second-order valence-electron chi connectivity index (χ2n) is 5.69. The molecule has 0 aliphatic rings. The summed E-state index contributed by atoms with van der Waals surface area (Å²) in [5.41, 5.74) is 0. The highest BCUT2D eigenvalue weighted by Gasteiger charge is 2.16. The Hall–Kier alpha value is -2.73. The van der Waals surface area contributed by atoms with Crippen LogP contribution in [0.5, 0.6) is 11.5 Å². The van der Waals surface area contributed by atoms with Crippen LogP contribution in [0.3, 0.4) is 0 Å². The molecule has 0 N–H and O–H groups in total. The molecular formula is C20H21NO4S. The number of nitrogens with zero attached hydrogens (tertiary/aromatic N) is 1. The van der Waals surface area contributed by atoms with E-state index in [1.54, 1.807) is 53.9 Å². The van der Waals surface area contributed by atoms with Crippen molar-refractivity contribution in [3.8, 4) is 11.5 Å². The molecule has 0 unspecified atom stereocenters. The monoisotopic (exact) mass is 371 g/mol. The van der Waals surface area contributed by atoms with Crippen molar-refractivity contribution in [3.05, 3.63) is 70.8 Å². The third-order valence-electron chi connectivity index (χ3n) is 3.91. The minimum absolute atomic E-state index is 0.0164. The first-order valence-corrected chi connectivity index (χ1v) is 9.22. The van der Waals surface area contributed by atoms with Gasteiger partial charge in [-0.25, -0.2) is 0 Å². The van der Waals surface area contributed by atoms with Crippen LogP contribution in [0.1, 0.15) is 10.6 Å². The number of benzene rings is 1. The normalized spacial score (nSPS) is 10.5. The molecule has 0 aliphatic carbocycles. The summed E-state index contributed by atoms with van der Waals surface area (Å²) in [4.78, 5) is 15.7. The lowest BCUT2D eigenvalue weighted by Crippen LogP contribution is -2.35. The highest BCUT2D eigenvalue weighted by molar-refractivity contribution is 7.09. The number of rotatable bonds is 9. The van der Waals surface area contributed by atoms with Gasteiger partial charge in [0.15, 0.2) is 6.61 Å². The molecule has 0 atom stereocenters. The zero-order valence-corrected chi connectivity index (χ0v) is 15.4. The minimum atomic E-state index is -0.0752. The molecule has 0 fully saturated rings. The number of thiophene rings is 1. The van der Waals surface area contributed by atoms with Gasteiger partial charge in [-0.1, -0.05) is 6.07 Å². The lowest BCUT2D eigenvalue weighted by atomic mass is 10.3. The number of furan rings is 1. The highest BCUT2D eigenvalue weighted by atomic mass is 32.1. The summed E-state index contributed by atoms with van der Waals surface area (Å²) in [7, 11) is 1.61. The van der Waals surface area contributed by atoms with Crippen LogP contribution in [0.2, 0.25) is 0 Å². The highest BCUT2D eigenvalue weighted by Crippen LogP contribution is 2.17. The third-order valence-corrected chi connectivity index (χ3v) is 4.85. The van der Waals surface area contributed by atoms with Gasteiger partial charge >= 0.3 is 0 Å². The van der Waals surface area contributed by atoms with Crippen molar-refractivity contribution in [2.24, 2.45) is 0 Å². The van der Waals surface area contributed by atoms with Gasteiger partial charge < -0.3 is 18.8 Å². The molecule has 26 heavy (non-hydrogen) atoms. The number of hydrogen-bond acceptors (Lipinski definition) is 5. The van der Waals surface area contributed by atoms with Crippen LogP contribution in [0.15, 0.2) is 64.6 Å². The van der Waals surface area contributed by atoms with Crippen molar-refractivity contribution in [3.63, 3.8) is 0 Å². The molecule has 0 bridgehead atoms. The van der Waals surface area contributed by atoms with Crippen molar-refractivity contribution < 1.29 is 18.7 Å². The maximum absolute atomic E-state index is 12.7. The lowest BCUT2D eigenvalue weighted by Gasteiger charge is -2.21. The predicted molar refractivity (Wildman–Crippen MR) is 101 cm³/mol. The van der Waals surface area contributed by atoms with E-state index in [1.807, 2.05) is 23.6 Å². The van der Waals surface area contributed by atoms with Crippen LogP contribution in [0, 0.1) is 0 Å². The molecule has 0 saturated heterocycles. The quantitative estimate of drug-likeness (QED) is 0.570. The first-order valence-electron chi connectivity index (χ1n) is 8.34. The number of hydrogen-bond donors (Lipinski definition) is 0. The van der Waals surface area contributed by atoms with Crippen molar-refractivity contribution in [2.45, 2.75) is 13.0 Å². The van der Waals surface area contributed by atoms with E-state index in [2.05, 4.69) is 6.07 Å².